The number of methoxy groups -OCH3 is 1. The van der Waals surface area contributed by atoms with Gasteiger partial charge in [-0.05, 0) is 42.0 Å². The minimum absolute atomic E-state index is 0.237. The number of rotatable bonds is 5. The molecule has 6 heteroatoms. The van der Waals surface area contributed by atoms with Crippen LogP contribution in [0, 0.1) is 0 Å². The molecule has 2 aromatic rings. The minimum atomic E-state index is -3.53. The number of ether oxygens (including phenoxy) is 1. The van der Waals surface area contributed by atoms with Crippen LogP contribution in [0.1, 0.15) is 5.56 Å². The van der Waals surface area contributed by atoms with Crippen molar-refractivity contribution in [2.45, 2.75) is 11.4 Å². The molecule has 0 saturated carbocycles. The highest BCUT2D eigenvalue weighted by Crippen LogP contribution is 2.20. The van der Waals surface area contributed by atoms with Gasteiger partial charge in [-0.25, -0.2) is 8.42 Å². The molecule has 2 N–H and O–H groups in total. The van der Waals surface area contributed by atoms with E-state index in [9.17, 15) is 8.42 Å². The third-order valence-electron chi connectivity index (χ3n) is 3.15. The van der Waals surface area contributed by atoms with Crippen molar-refractivity contribution in [3.63, 3.8) is 0 Å². The molecule has 0 spiro atoms. The third kappa shape index (κ3) is 3.53. The topological polar surface area (TPSA) is 72.6 Å². The number of hydrogen-bond donors (Lipinski definition) is 1. The van der Waals surface area contributed by atoms with Gasteiger partial charge in [0.25, 0.3) is 0 Å². The summed E-state index contributed by atoms with van der Waals surface area (Å²) in [6.45, 7) is 0.286. The van der Waals surface area contributed by atoms with Crippen LogP contribution < -0.4 is 10.5 Å². The van der Waals surface area contributed by atoms with E-state index in [2.05, 4.69) is 0 Å². The van der Waals surface area contributed by atoms with Gasteiger partial charge in [0, 0.05) is 19.3 Å². The molecule has 2 rings (SSSR count). The second-order valence-electron chi connectivity index (χ2n) is 4.68. The van der Waals surface area contributed by atoms with Gasteiger partial charge in [-0.1, -0.05) is 12.1 Å². The summed E-state index contributed by atoms with van der Waals surface area (Å²) in [6.07, 6.45) is 0. The summed E-state index contributed by atoms with van der Waals surface area (Å²) in [4.78, 5) is 0.237. The van der Waals surface area contributed by atoms with Crippen LogP contribution in [0.25, 0.3) is 0 Å². The smallest absolute Gasteiger partial charge is 0.243 e. The van der Waals surface area contributed by atoms with Gasteiger partial charge in [-0.3, -0.25) is 0 Å². The third-order valence-corrected chi connectivity index (χ3v) is 4.97. The number of hydrogen-bond acceptors (Lipinski definition) is 4. The molecular formula is C15H18N2O3S. The van der Waals surface area contributed by atoms with E-state index in [1.165, 1.54) is 23.5 Å². The van der Waals surface area contributed by atoms with Crippen LogP contribution in [0.5, 0.6) is 5.75 Å². The van der Waals surface area contributed by atoms with E-state index < -0.39 is 10.0 Å². The molecule has 0 bridgehead atoms. The van der Waals surface area contributed by atoms with E-state index in [4.69, 9.17) is 10.5 Å². The molecule has 0 atom stereocenters. The lowest BCUT2D eigenvalue weighted by molar-refractivity contribution is 0.414. The van der Waals surface area contributed by atoms with Crippen molar-refractivity contribution in [3.05, 3.63) is 54.1 Å². The highest BCUT2D eigenvalue weighted by atomic mass is 32.2. The largest absolute Gasteiger partial charge is 0.497 e. The lowest BCUT2D eigenvalue weighted by atomic mass is 10.2. The van der Waals surface area contributed by atoms with Gasteiger partial charge >= 0.3 is 0 Å². The Morgan fingerprint density at radius 3 is 2.14 bits per heavy atom. The van der Waals surface area contributed by atoms with E-state index in [1.54, 1.807) is 31.3 Å². The number of benzene rings is 2. The summed E-state index contributed by atoms with van der Waals surface area (Å²) in [5, 5.41) is 0. The van der Waals surface area contributed by atoms with Gasteiger partial charge in [0.2, 0.25) is 10.0 Å². The monoisotopic (exact) mass is 306 g/mol. The zero-order chi connectivity index (χ0) is 15.5. The van der Waals surface area contributed by atoms with Crippen molar-refractivity contribution in [2.75, 3.05) is 19.9 Å². The highest BCUT2D eigenvalue weighted by molar-refractivity contribution is 7.89. The predicted octanol–water partition coefficient (Wildman–Crippen LogP) is 2.10. The summed E-state index contributed by atoms with van der Waals surface area (Å²) < 4.78 is 31.3. The zero-order valence-corrected chi connectivity index (χ0v) is 12.8. The van der Waals surface area contributed by atoms with Crippen molar-refractivity contribution < 1.29 is 13.2 Å². The maximum atomic E-state index is 12.5. The Labute approximate surface area is 125 Å². The van der Waals surface area contributed by atoms with Gasteiger partial charge in [0.1, 0.15) is 5.75 Å². The number of anilines is 1. The molecule has 0 heterocycles. The average Bonchev–Trinajstić information content (AvgIpc) is 2.49. The Morgan fingerprint density at radius 1 is 1.05 bits per heavy atom. The molecule has 0 saturated heterocycles. The summed E-state index contributed by atoms with van der Waals surface area (Å²) >= 11 is 0. The molecule has 0 aromatic heterocycles. The Kier molecular flexibility index (Phi) is 4.50. The second-order valence-corrected chi connectivity index (χ2v) is 6.72. The fourth-order valence-corrected chi connectivity index (χ4v) is 3.05. The summed E-state index contributed by atoms with van der Waals surface area (Å²) in [7, 11) is -0.436. The second kappa shape index (κ2) is 6.15. The lowest BCUT2D eigenvalue weighted by Gasteiger charge is -2.17. The van der Waals surface area contributed by atoms with Crippen LogP contribution in [-0.4, -0.2) is 26.9 Å². The van der Waals surface area contributed by atoms with Crippen molar-refractivity contribution in [1.82, 2.24) is 4.31 Å². The van der Waals surface area contributed by atoms with Gasteiger partial charge in [0.15, 0.2) is 0 Å². The fraction of sp³-hybridized carbons (Fsp3) is 0.200. The first kappa shape index (κ1) is 15.3. The van der Waals surface area contributed by atoms with Crippen LogP contribution >= 0.6 is 0 Å². The van der Waals surface area contributed by atoms with Crippen LogP contribution in [-0.2, 0) is 16.6 Å². The quantitative estimate of drug-likeness (QED) is 0.859. The molecule has 0 fully saturated rings. The molecule has 112 valence electrons. The van der Waals surface area contributed by atoms with E-state index >= 15 is 0 Å². The number of sulfonamides is 1. The summed E-state index contributed by atoms with van der Waals surface area (Å²) in [5.74, 6) is 0.620. The van der Waals surface area contributed by atoms with E-state index in [-0.39, 0.29) is 11.4 Å². The number of nitrogens with zero attached hydrogens (tertiary/aromatic N) is 1. The Bertz CT molecular complexity index is 695. The first-order chi connectivity index (χ1) is 9.93. The molecule has 0 radical (unpaired) electrons. The molecule has 21 heavy (non-hydrogen) atoms. The van der Waals surface area contributed by atoms with Crippen molar-refractivity contribution in [1.29, 1.82) is 0 Å². The van der Waals surface area contributed by atoms with Crippen LogP contribution in [0.3, 0.4) is 0 Å². The Balaban J connectivity index is 2.19. The molecule has 0 aliphatic carbocycles. The maximum Gasteiger partial charge on any atom is 0.243 e. The molecular weight excluding hydrogens is 288 g/mol. The molecule has 2 aromatic carbocycles. The van der Waals surface area contributed by atoms with Gasteiger partial charge in [-0.2, -0.15) is 4.31 Å². The molecule has 0 amide bonds. The Morgan fingerprint density at radius 2 is 1.62 bits per heavy atom. The Hall–Kier alpha value is -2.05. The minimum Gasteiger partial charge on any atom is -0.497 e. The normalized spacial score (nSPS) is 11.6. The van der Waals surface area contributed by atoms with E-state index in [1.807, 2.05) is 12.1 Å². The summed E-state index contributed by atoms with van der Waals surface area (Å²) in [5.41, 5.74) is 7.15. The fourth-order valence-electron chi connectivity index (χ4n) is 1.89. The lowest BCUT2D eigenvalue weighted by Crippen LogP contribution is -2.26. The van der Waals surface area contributed by atoms with Gasteiger partial charge in [0.05, 0.1) is 12.0 Å². The number of nitrogen functional groups attached to an aromatic ring is 1. The van der Waals surface area contributed by atoms with Crippen molar-refractivity contribution in [2.24, 2.45) is 0 Å². The van der Waals surface area contributed by atoms with Crippen molar-refractivity contribution in [3.8, 4) is 5.75 Å². The van der Waals surface area contributed by atoms with Gasteiger partial charge < -0.3 is 10.5 Å². The van der Waals surface area contributed by atoms with Crippen LogP contribution in [0.4, 0.5) is 5.69 Å². The van der Waals surface area contributed by atoms with E-state index in [0.29, 0.717) is 11.4 Å². The average molecular weight is 306 g/mol. The summed E-state index contributed by atoms with van der Waals surface area (Å²) in [6, 6.07) is 13.5. The first-order valence-corrected chi connectivity index (χ1v) is 7.82. The van der Waals surface area contributed by atoms with Gasteiger partial charge in [-0.15, -0.1) is 0 Å². The molecule has 0 unspecified atom stereocenters. The standard InChI is InChI=1S/C15H18N2O3S/c1-17(11-12-3-5-13(16)6-4-12)21(18,19)15-9-7-14(20-2)8-10-15/h3-10H,11,16H2,1-2H3. The zero-order valence-electron chi connectivity index (χ0n) is 12.0. The highest BCUT2D eigenvalue weighted by Gasteiger charge is 2.20. The molecule has 5 nitrogen and oxygen atoms in total. The van der Waals surface area contributed by atoms with Crippen molar-refractivity contribution >= 4 is 15.7 Å². The predicted molar refractivity (Wildman–Crippen MR) is 82.5 cm³/mol. The molecule has 0 aliphatic rings. The maximum absolute atomic E-state index is 12.5. The van der Waals surface area contributed by atoms with Crippen LogP contribution in [0.2, 0.25) is 0 Å². The first-order valence-electron chi connectivity index (χ1n) is 6.38. The van der Waals surface area contributed by atoms with E-state index in [0.717, 1.165) is 5.56 Å². The van der Waals surface area contributed by atoms with Crippen LogP contribution in [0.15, 0.2) is 53.4 Å². The number of nitrogens with two attached hydrogens (primary N) is 1. The SMILES string of the molecule is COc1ccc(S(=O)(=O)N(C)Cc2ccc(N)cc2)cc1. The molecule has 0 aliphatic heterocycles.